The quantitative estimate of drug-likeness (QED) is 0.386. The Morgan fingerprint density at radius 2 is 1.82 bits per heavy atom. The minimum absolute atomic E-state index is 0.0191. The van der Waals surface area contributed by atoms with Crippen LogP contribution in [0.3, 0.4) is 0 Å². The van der Waals surface area contributed by atoms with Crippen LogP contribution < -0.4 is 4.74 Å². The Kier molecular flexibility index (Phi) is 11.7. The fraction of sp³-hybridized carbons (Fsp3) is 0.545. The second kappa shape index (κ2) is 13.5. The first-order valence-electron chi connectivity index (χ1n) is 9.29. The molecule has 1 aromatic carbocycles. The van der Waals surface area contributed by atoms with Crippen molar-refractivity contribution in [2.45, 2.75) is 38.8 Å². The fourth-order valence-corrected chi connectivity index (χ4v) is 2.89. The van der Waals surface area contributed by atoms with Crippen molar-refractivity contribution in [1.82, 2.24) is 0 Å². The molecule has 1 rings (SSSR count). The molecular formula is C22H34O6. The van der Waals surface area contributed by atoms with Gasteiger partial charge in [-0.15, -0.1) is 0 Å². The summed E-state index contributed by atoms with van der Waals surface area (Å²) in [6.07, 6.45) is 1.98. The molecule has 0 saturated carbocycles. The predicted octanol–water partition coefficient (Wildman–Crippen LogP) is 3.35. The molecule has 0 aliphatic heterocycles. The highest BCUT2D eigenvalue weighted by Crippen LogP contribution is 2.21. The maximum absolute atomic E-state index is 10.6. The molecule has 0 aliphatic carbocycles. The van der Waals surface area contributed by atoms with Gasteiger partial charge in [0.25, 0.3) is 0 Å². The number of rotatable bonds is 14. The Morgan fingerprint density at radius 1 is 1.14 bits per heavy atom. The van der Waals surface area contributed by atoms with Crippen molar-refractivity contribution in [3.63, 3.8) is 0 Å². The third-order valence-electron chi connectivity index (χ3n) is 4.44. The third kappa shape index (κ3) is 8.12. The van der Waals surface area contributed by atoms with E-state index >= 15 is 0 Å². The summed E-state index contributed by atoms with van der Waals surface area (Å²) in [6.45, 7) is 8.35. The average molecular weight is 395 g/mol. The van der Waals surface area contributed by atoms with Gasteiger partial charge in [-0.1, -0.05) is 43.4 Å². The summed E-state index contributed by atoms with van der Waals surface area (Å²) in [4.78, 5) is 0. The Morgan fingerprint density at radius 3 is 2.36 bits per heavy atom. The van der Waals surface area contributed by atoms with Crippen molar-refractivity contribution in [3.05, 3.63) is 54.1 Å². The molecule has 0 saturated heterocycles. The Balaban J connectivity index is 2.71. The van der Waals surface area contributed by atoms with Gasteiger partial charge in [-0.25, -0.2) is 0 Å². The number of hydrogen-bond acceptors (Lipinski definition) is 6. The van der Waals surface area contributed by atoms with Crippen molar-refractivity contribution in [3.8, 4) is 5.75 Å². The lowest BCUT2D eigenvalue weighted by Gasteiger charge is -2.32. The molecule has 0 unspecified atom stereocenters. The van der Waals surface area contributed by atoms with Crippen LogP contribution in [0.1, 0.15) is 19.4 Å². The van der Waals surface area contributed by atoms with E-state index in [1.165, 1.54) is 0 Å². The number of ether oxygens (including phenoxy) is 5. The molecular weight excluding hydrogens is 360 g/mol. The maximum Gasteiger partial charge on any atom is 0.146 e. The first-order valence-corrected chi connectivity index (χ1v) is 9.29. The maximum atomic E-state index is 10.6. The SMILES string of the molecule is C=C/C(C)=C/[C@@H](C)[C@H](OCOC)[C@@H](OC)[C@@H](O)COCc1ccc(OC)cc1. The van der Waals surface area contributed by atoms with Crippen LogP contribution in [-0.2, 0) is 25.6 Å². The summed E-state index contributed by atoms with van der Waals surface area (Å²) in [6, 6.07) is 7.60. The number of aliphatic hydroxyl groups excluding tert-OH is 1. The van der Waals surface area contributed by atoms with Crippen LogP contribution in [0.4, 0.5) is 0 Å². The molecule has 158 valence electrons. The van der Waals surface area contributed by atoms with Gasteiger partial charge < -0.3 is 28.8 Å². The molecule has 0 spiro atoms. The van der Waals surface area contributed by atoms with E-state index in [2.05, 4.69) is 6.58 Å². The molecule has 0 radical (unpaired) electrons. The van der Waals surface area contributed by atoms with Crippen molar-refractivity contribution in [1.29, 1.82) is 0 Å². The monoisotopic (exact) mass is 394 g/mol. The van der Waals surface area contributed by atoms with Gasteiger partial charge in [0, 0.05) is 20.1 Å². The zero-order valence-electron chi connectivity index (χ0n) is 17.6. The largest absolute Gasteiger partial charge is 0.497 e. The molecule has 4 atom stereocenters. The van der Waals surface area contributed by atoms with Crippen molar-refractivity contribution in [2.75, 3.05) is 34.7 Å². The first kappa shape index (κ1) is 24.3. The Bertz CT molecular complexity index is 583. The fourth-order valence-electron chi connectivity index (χ4n) is 2.89. The van der Waals surface area contributed by atoms with Crippen LogP contribution in [0.5, 0.6) is 5.75 Å². The minimum atomic E-state index is -0.856. The molecule has 0 aromatic heterocycles. The predicted molar refractivity (Wildman–Crippen MR) is 109 cm³/mol. The van der Waals surface area contributed by atoms with E-state index < -0.39 is 18.3 Å². The van der Waals surface area contributed by atoms with Gasteiger partial charge in [0.15, 0.2) is 0 Å². The highest BCUT2D eigenvalue weighted by molar-refractivity contribution is 5.26. The van der Waals surface area contributed by atoms with Gasteiger partial charge in [0.1, 0.15) is 24.8 Å². The van der Waals surface area contributed by atoms with E-state index in [0.29, 0.717) is 6.61 Å². The average Bonchev–Trinajstić information content (AvgIpc) is 2.71. The Labute approximate surface area is 168 Å². The number of methoxy groups -OCH3 is 3. The number of hydrogen-bond donors (Lipinski definition) is 1. The molecule has 0 heterocycles. The smallest absolute Gasteiger partial charge is 0.146 e. The molecule has 1 N–H and O–H groups in total. The summed E-state index contributed by atoms with van der Waals surface area (Å²) in [5, 5.41) is 10.6. The van der Waals surface area contributed by atoms with Gasteiger partial charge in [0.05, 0.1) is 26.4 Å². The highest BCUT2D eigenvalue weighted by Gasteiger charge is 2.33. The molecule has 28 heavy (non-hydrogen) atoms. The lowest BCUT2D eigenvalue weighted by atomic mass is 9.94. The van der Waals surface area contributed by atoms with Crippen LogP contribution in [-0.4, -0.2) is 58.1 Å². The van der Waals surface area contributed by atoms with Crippen LogP contribution in [0.25, 0.3) is 0 Å². The minimum Gasteiger partial charge on any atom is -0.497 e. The van der Waals surface area contributed by atoms with E-state index in [4.69, 9.17) is 23.7 Å². The highest BCUT2D eigenvalue weighted by atomic mass is 16.7. The zero-order valence-corrected chi connectivity index (χ0v) is 17.6. The zero-order chi connectivity index (χ0) is 20.9. The van der Waals surface area contributed by atoms with Crippen molar-refractivity contribution < 1.29 is 28.8 Å². The lowest BCUT2D eigenvalue weighted by Crippen LogP contribution is -2.46. The topological polar surface area (TPSA) is 66.4 Å². The van der Waals surface area contributed by atoms with Crippen LogP contribution in [0.2, 0.25) is 0 Å². The number of aliphatic hydroxyl groups is 1. The van der Waals surface area contributed by atoms with Crippen molar-refractivity contribution >= 4 is 0 Å². The molecule has 0 bridgehead atoms. The molecule has 0 fully saturated rings. The van der Waals surface area contributed by atoms with E-state index in [-0.39, 0.29) is 19.3 Å². The molecule has 6 nitrogen and oxygen atoms in total. The van der Waals surface area contributed by atoms with E-state index in [1.807, 2.05) is 44.2 Å². The van der Waals surface area contributed by atoms with Crippen LogP contribution in [0, 0.1) is 5.92 Å². The van der Waals surface area contributed by atoms with E-state index in [9.17, 15) is 5.11 Å². The van der Waals surface area contributed by atoms with E-state index in [0.717, 1.165) is 16.9 Å². The summed E-state index contributed by atoms with van der Waals surface area (Å²) < 4.78 is 27.2. The standard InChI is InChI=1S/C22H34O6/c1-7-16(2)12-17(3)21(28-15-24-4)22(26-6)20(23)14-27-13-18-8-10-19(25-5)11-9-18/h7-12,17,20-23H,1,13-15H2,2-6H3/b16-12+/t17-,20+,21+,22+/m1/s1. The van der Waals surface area contributed by atoms with Gasteiger partial charge >= 0.3 is 0 Å². The summed E-state index contributed by atoms with van der Waals surface area (Å²) >= 11 is 0. The van der Waals surface area contributed by atoms with Gasteiger partial charge in [0.2, 0.25) is 0 Å². The molecule has 6 heteroatoms. The van der Waals surface area contributed by atoms with Crippen LogP contribution in [0.15, 0.2) is 48.6 Å². The lowest BCUT2D eigenvalue weighted by molar-refractivity contribution is -0.167. The summed E-state index contributed by atoms with van der Waals surface area (Å²) in [5.74, 6) is 0.771. The normalized spacial score (nSPS) is 16.3. The summed E-state index contributed by atoms with van der Waals surface area (Å²) in [5.41, 5.74) is 2.02. The Hall–Kier alpha value is -1.70. The first-order chi connectivity index (χ1) is 13.5. The third-order valence-corrected chi connectivity index (χ3v) is 4.44. The molecule has 1 aromatic rings. The molecule has 0 aliphatic rings. The number of allylic oxidation sites excluding steroid dienone is 2. The summed E-state index contributed by atoms with van der Waals surface area (Å²) in [7, 11) is 4.74. The number of benzene rings is 1. The molecule has 0 amide bonds. The van der Waals surface area contributed by atoms with Crippen LogP contribution >= 0.6 is 0 Å². The second-order valence-electron chi connectivity index (χ2n) is 6.64. The van der Waals surface area contributed by atoms with Gasteiger partial charge in [-0.3, -0.25) is 0 Å². The van der Waals surface area contributed by atoms with Gasteiger partial charge in [-0.05, 0) is 24.6 Å². The second-order valence-corrected chi connectivity index (χ2v) is 6.64. The van der Waals surface area contributed by atoms with E-state index in [1.54, 1.807) is 27.4 Å². The van der Waals surface area contributed by atoms with Gasteiger partial charge in [-0.2, -0.15) is 0 Å². The van der Waals surface area contributed by atoms with Crippen molar-refractivity contribution in [2.24, 2.45) is 5.92 Å².